The lowest BCUT2D eigenvalue weighted by Gasteiger charge is -2.20. The van der Waals surface area contributed by atoms with E-state index in [1.54, 1.807) is 45.0 Å². The van der Waals surface area contributed by atoms with Gasteiger partial charge in [0.2, 0.25) is 0 Å². The predicted octanol–water partition coefficient (Wildman–Crippen LogP) is 2.97. The number of benzene rings is 1. The number of nitrogens with zero attached hydrogens (tertiary/aromatic N) is 2. The second-order valence-electron chi connectivity index (χ2n) is 8.12. The van der Waals surface area contributed by atoms with Gasteiger partial charge in [-0.25, -0.2) is 4.79 Å². The van der Waals surface area contributed by atoms with Crippen molar-refractivity contribution < 1.29 is 19.1 Å². The molecular weight excluding hydrogens is 398 g/mol. The average Bonchev–Trinajstić information content (AvgIpc) is 2.67. The molecule has 1 aromatic heterocycles. The molecule has 3 N–H and O–H groups in total. The number of nitrogens with one attached hydrogen (secondary N) is 3. The molecule has 2 rings (SSSR count). The summed E-state index contributed by atoms with van der Waals surface area (Å²) in [6.45, 7) is 6.51. The van der Waals surface area contributed by atoms with E-state index in [1.807, 2.05) is 19.0 Å². The van der Waals surface area contributed by atoms with Gasteiger partial charge in [0, 0.05) is 19.3 Å². The average molecular weight is 428 g/mol. The number of hydrogen-bond donors (Lipinski definition) is 3. The molecule has 0 aliphatic carbocycles. The number of carbonyl (C=O) groups excluding carboxylic acids is 3. The summed E-state index contributed by atoms with van der Waals surface area (Å²) in [5, 5.41) is 8.12. The van der Waals surface area contributed by atoms with E-state index in [-0.39, 0.29) is 11.6 Å². The fraction of sp³-hybridized carbons (Fsp3) is 0.364. The molecule has 0 bridgehead atoms. The van der Waals surface area contributed by atoms with Gasteiger partial charge < -0.3 is 20.3 Å². The molecular formula is C22H29N5O4. The van der Waals surface area contributed by atoms with Crippen LogP contribution in [-0.2, 0) is 4.74 Å². The van der Waals surface area contributed by atoms with E-state index in [4.69, 9.17) is 4.74 Å². The Labute approximate surface area is 182 Å². The molecule has 0 saturated heterocycles. The van der Waals surface area contributed by atoms with Gasteiger partial charge in [-0.15, -0.1) is 0 Å². The second-order valence-corrected chi connectivity index (χ2v) is 8.12. The van der Waals surface area contributed by atoms with Crippen molar-refractivity contribution in [3.05, 3.63) is 53.9 Å². The second kappa shape index (κ2) is 10.5. The van der Waals surface area contributed by atoms with Crippen molar-refractivity contribution in [3.8, 4) is 0 Å². The molecule has 0 radical (unpaired) electrons. The zero-order valence-corrected chi connectivity index (χ0v) is 18.5. The van der Waals surface area contributed by atoms with Crippen molar-refractivity contribution in [2.75, 3.05) is 37.8 Å². The minimum Gasteiger partial charge on any atom is -0.444 e. The Hall–Kier alpha value is -3.46. The molecule has 9 nitrogen and oxygen atoms in total. The lowest BCUT2D eigenvalue weighted by Crippen LogP contribution is -2.31. The number of rotatable bonds is 7. The Balaban J connectivity index is 2.02. The van der Waals surface area contributed by atoms with Crippen LogP contribution in [0.2, 0.25) is 0 Å². The van der Waals surface area contributed by atoms with Crippen LogP contribution in [0.1, 0.15) is 41.6 Å². The summed E-state index contributed by atoms with van der Waals surface area (Å²) in [4.78, 5) is 42.8. The van der Waals surface area contributed by atoms with Crippen LogP contribution < -0.4 is 16.0 Å². The van der Waals surface area contributed by atoms with Crippen LogP contribution in [0.25, 0.3) is 0 Å². The van der Waals surface area contributed by atoms with Gasteiger partial charge >= 0.3 is 6.09 Å². The molecule has 9 heteroatoms. The normalized spacial score (nSPS) is 11.0. The summed E-state index contributed by atoms with van der Waals surface area (Å²) in [6.07, 6.45) is 0.724. The summed E-state index contributed by atoms with van der Waals surface area (Å²) in [6, 6.07) is 9.76. The SMILES string of the molecule is CN(C)CCNC(=O)c1ccc(C(=O)Nc2ccccc2NC(=O)OC(C)(C)C)nc1. The van der Waals surface area contributed by atoms with Gasteiger partial charge in [0.05, 0.1) is 16.9 Å². The Morgan fingerprint density at radius 3 is 2.16 bits per heavy atom. The first kappa shape index (κ1) is 23.8. The van der Waals surface area contributed by atoms with E-state index in [0.29, 0.717) is 23.5 Å². The van der Waals surface area contributed by atoms with Crippen LogP contribution in [0.15, 0.2) is 42.6 Å². The lowest BCUT2D eigenvalue weighted by atomic mass is 10.2. The van der Waals surface area contributed by atoms with Crippen LogP contribution in [0.5, 0.6) is 0 Å². The molecule has 0 atom stereocenters. The van der Waals surface area contributed by atoms with Crippen molar-refractivity contribution in [2.45, 2.75) is 26.4 Å². The van der Waals surface area contributed by atoms with Gasteiger partial charge in [0.1, 0.15) is 11.3 Å². The summed E-state index contributed by atoms with van der Waals surface area (Å²) in [5.41, 5.74) is 0.638. The molecule has 0 fully saturated rings. The highest BCUT2D eigenvalue weighted by Crippen LogP contribution is 2.22. The van der Waals surface area contributed by atoms with Gasteiger partial charge in [0.25, 0.3) is 11.8 Å². The highest BCUT2D eigenvalue weighted by molar-refractivity contribution is 6.06. The number of hydrogen-bond acceptors (Lipinski definition) is 6. The standard InChI is InChI=1S/C22H29N5O4/c1-22(2,3)31-21(30)26-17-9-7-6-8-16(17)25-20(29)18-11-10-15(14-24-18)19(28)23-12-13-27(4)5/h6-11,14H,12-13H2,1-5H3,(H,23,28)(H,25,29)(H,26,30). The molecule has 0 aliphatic heterocycles. The van der Waals surface area contributed by atoms with Crippen molar-refractivity contribution in [1.29, 1.82) is 0 Å². The number of pyridine rings is 1. The first-order valence-electron chi connectivity index (χ1n) is 9.84. The number of para-hydroxylation sites is 2. The zero-order chi connectivity index (χ0) is 23.0. The molecule has 0 spiro atoms. The Kier molecular flexibility index (Phi) is 8.09. The zero-order valence-electron chi connectivity index (χ0n) is 18.5. The summed E-state index contributed by atoms with van der Waals surface area (Å²) in [7, 11) is 3.84. The molecule has 1 aromatic carbocycles. The van der Waals surface area contributed by atoms with Crippen LogP contribution in [-0.4, -0.2) is 60.6 Å². The Morgan fingerprint density at radius 1 is 0.968 bits per heavy atom. The molecule has 0 aliphatic rings. The fourth-order valence-corrected chi connectivity index (χ4v) is 2.46. The van der Waals surface area contributed by atoms with E-state index in [9.17, 15) is 14.4 Å². The van der Waals surface area contributed by atoms with E-state index in [1.165, 1.54) is 18.3 Å². The summed E-state index contributed by atoms with van der Waals surface area (Å²) in [5.74, 6) is -0.730. The van der Waals surface area contributed by atoms with Crippen LogP contribution in [0.4, 0.5) is 16.2 Å². The monoisotopic (exact) mass is 427 g/mol. The van der Waals surface area contributed by atoms with Crippen molar-refractivity contribution >= 4 is 29.3 Å². The van der Waals surface area contributed by atoms with Gasteiger partial charge in [-0.3, -0.25) is 19.9 Å². The van der Waals surface area contributed by atoms with Crippen LogP contribution in [0.3, 0.4) is 0 Å². The van der Waals surface area contributed by atoms with Crippen LogP contribution in [0, 0.1) is 0 Å². The quantitative estimate of drug-likeness (QED) is 0.626. The minimum atomic E-state index is -0.646. The maximum absolute atomic E-state index is 12.6. The highest BCUT2D eigenvalue weighted by Gasteiger charge is 2.18. The third-order valence-electron chi connectivity index (χ3n) is 3.91. The third kappa shape index (κ3) is 8.06. The molecule has 1 heterocycles. The lowest BCUT2D eigenvalue weighted by molar-refractivity contribution is 0.0635. The maximum atomic E-state index is 12.6. The van der Waals surface area contributed by atoms with E-state index < -0.39 is 17.6 Å². The Bertz CT molecular complexity index is 920. The first-order chi connectivity index (χ1) is 14.5. The first-order valence-corrected chi connectivity index (χ1v) is 9.84. The van der Waals surface area contributed by atoms with E-state index in [2.05, 4.69) is 20.9 Å². The number of aromatic nitrogens is 1. The van der Waals surface area contributed by atoms with Gasteiger partial charge in [-0.1, -0.05) is 12.1 Å². The predicted molar refractivity (Wildman–Crippen MR) is 119 cm³/mol. The smallest absolute Gasteiger partial charge is 0.412 e. The number of carbonyl (C=O) groups is 3. The third-order valence-corrected chi connectivity index (χ3v) is 3.91. The van der Waals surface area contributed by atoms with Crippen molar-refractivity contribution in [3.63, 3.8) is 0 Å². The van der Waals surface area contributed by atoms with E-state index in [0.717, 1.165) is 6.54 Å². The number of likely N-dealkylation sites (N-methyl/N-ethyl adjacent to an activating group) is 1. The highest BCUT2D eigenvalue weighted by atomic mass is 16.6. The molecule has 3 amide bonds. The molecule has 31 heavy (non-hydrogen) atoms. The fourth-order valence-electron chi connectivity index (χ4n) is 2.46. The molecule has 2 aromatic rings. The largest absolute Gasteiger partial charge is 0.444 e. The van der Waals surface area contributed by atoms with Crippen molar-refractivity contribution in [2.24, 2.45) is 0 Å². The van der Waals surface area contributed by atoms with E-state index >= 15 is 0 Å². The molecule has 0 saturated carbocycles. The summed E-state index contributed by atoms with van der Waals surface area (Å²) < 4.78 is 5.25. The molecule has 166 valence electrons. The van der Waals surface area contributed by atoms with Crippen LogP contribution >= 0.6 is 0 Å². The Morgan fingerprint density at radius 2 is 1.61 bits per heavy atom. The minimum absolute atomic E-state index is 0.136. The number of amides is 3. The number of anilines is 2. The van der Waals surface area contributed by atoms with Gasteiger partial charge in [-0.05, 0) is 59.1 Å². The number of ether oxygens (including phenoxy) is 1. The summed E-state index contributed by atoms with van der Waals surface area (Å²) >= 11 is 0. The van der Waals surface area contributed by atoms with Gasteiger partial charge in [-0.2, -0.15) is 0 Å². The van der Waals surface area contributed by atoms with Gasteiger partial charge in [0.15, 0.2) is 0 Å². The topological polar surface area (TPSA) is 113 Å². The molecule has 0 unspecified atom stereocenters. The van der Waals surface area contributed by atoms with Crippen molar-refractivity contribution in [1.82, 2.24) is 15.2 Å². The maximum Gasteiger partial charge on any atom is 0.412 e.